The number of rotatable bonds is 0. The molecule has 43 valence electrons. The van der Waals surface area contributed by atoms with Gasteiger partial charge in [-0.2, -0.15) is 5.26 Å². The number of hydrogen-bond donors (Lipinski definition) is 0. The molecule has 0 bridgehead atoms. The van der Waals surface area contributed by atoms with Crippen molar-refractivity contribution in [2.75, 3.05) is 0 Å². The fraction of sp³-hybridized carbons (Fsp3) is 0. The normalized spacial score (nSPS) is 8.44. The molecule has 1 rings (SSSR count). The zero-order valence-corrected chi connectivity index (χ0v) is 4.83. The lowest BCUT2D eigenvalue weighted by molar-refractivity contribution is 1.28. The number of pyridine rings is 1. The fourth-order valence-electron chi connectivity index (χ4n) is 0.549. The summed E-state index contributed by atoms with van der Waals surface area (Å²) in [6.07, 6.45) is 3.12. The Morgan fingerprint density at radius 2 is 2.33 bits per heavy atom. The summed E-state index contributed by atoms with van der Waals surface area (Å²) in [4.78, 5) is 3.77. The Morgan fingerprint density at radius 3 is 2.78 bits per heavy atom. The van der Waals surface area contributed by atoms with E-state index in [0.29, 0.717) is 5.56 Å². The van der Waals surface area contributed by atoms with Gasteiger partial charge in [0, 0.05) is 12.4 Å². The van der Waals surface area contributed by atoms with Crippen LogP contribution in [0.15, 0.2) is 18.5 Å². The molecular weight excluding hydrogens is 112 g/mol. The van der Waals surface area contributed by atoms with Gasteiger partial charge < -0.3 is 0 Å². The molecule has 9 heavy (non-hydrogen) atoms. The van der Waals surface area contributed by atoms with Crippen LogP contribution in [0.25, 0.3) is 0 Å². The molecule has 1 aromatic rings. The van der Waals surface area contributed by atoms with Gasteiger partial charge in [0.2, 0.25) is 0 Å². The minimum absolute atomic E-state index is 0.558. The largest absolute Gasteiger partial charge is 0.263 e. The maximum Gasteiger partial charge on any atom is 0.101 e. The molecule has 1 heterocycles. The second-order valence-corrected chi connectivity index (χ2v) is 1.69. The lowest BCUT2D eigenvalue weighted by Gasteiger charge is -1.87. The third-order valence-electron chi connectivity index (χ3n) is 0.924. The van der Waals surface area contributed by atoms with Crippen LogP contribution in [0.2, 0.25) is 0 Å². The molecule has 0 saturated carbocycles. The molecule has 0 aliphatic rings. The molecule has 0 amide bonds. The number of hydrogen-bond acceptors (Lipinski definition) is 2. The minimum Gasteiger partial charge on any atom is -0.263 e. The van der Waals surface area contributed by atoms with E-state index in [2.05, 4.69) is 11.9 Å². The third-order valence-corrected chi connectivity index (χ3v) is 0.924. The molecule has 0 unspecified atom stereocenters. The monoisotopic (exact) mass is 117 g/mol. The molecule has 0 atom stereocenters. The van der Waals surface area contributed by atoms with E-state index in [1.165, 1.54) is 6.20 Å². The summed E-state index contributed by atoms with van der Waals surface area (Å²) in [6.45, 7) is 3.62. The molecule has 0 N–H and O–H groups in total. The lowest BCUT2D eigenvalue weighted by atomic mass is 10.2. The predicted molar refractivity (Wildman–Crippen MR) is 33.4 cm³/mol. The molecule has 0 saturated heterocycles. The topological polar surface area (TPSA) is 36.7 Å². The van der Waals surface area contributed by atoms with Crippen molar-refractivity contribution >= 4 is 0 Å². The van der Waals surface area contributed by atoms with E-state index in [-0.39, 0.29) is 0 Å². The van der Waals surface area contributed by atoms with Crippen LogP contribution in [-0.2, 0) is 0 Å². The van der Waals surface area contributed by atoms with Gasteiger partial charge in [0.05, 0.1) is 5.56 Å². The molecule has 0 aromatic carbocycles. The molecule has 0 aliphatic heterocycles. The van der Waals surface area contributed by atoms with Gasteiger partial charge in [-0.25, -0.2) is 0 Å². The Bertz CT molecular complexity index is 247. The van der Waals surface area contributed by atoms with E-state index in [1.807, 2.05) is 6.07 Å². The number of nitriles is 1. The van der Waals surface area contributed by atoms with Crippen LogP contribution >= 0.6 is 0 Å². The highest BCUT2D eigenvalue weighted by Crippen LogP contribution is 1.97. The molecule has 0 spiro atoms. The van der Waals surface area contributed by atoms with E-state index in [4.69, 9.17) is 5.26 Å². The lowest BCUT2D eigenvalue weighted by Crippen LogP contribution is -1.78. The molecule has 0 fully saturated rings. The standard InChI is InChI=1S/C7H5N2/c1-6-2-7(3-8)5-9-4-6/h2,4-5H,1H2. The highest BCUT2D eigenvalue weighted by molar-refractivity contribution is 5.29. The first kappa shape index (κ1) is 5.77. The predicted octanol–water partition coefficient (Wildman–Crippen LogP) is 1.14. The molecule has 0 aliphatic carbocycles. The molecular formula is C7H5N2. The summed E-state index contributed by atoms with van der Waals surface area (Å²) in [7, 11) is 0. The first-order valence-electron chi connectivity index (χ1n) is 2.50. The molecule has 2 heteroatoms. The van der Waals surface area contributed by atoms with Gasteiger partial charge in [-0.15, -0.1) is 0 Å². The Morgan fingerprint density at radius 1 is 1.56 bits per heavy atom. The van der Waals surface area contributed by atoms with Crippen LogP contribution in [0.5, 0.6) is 0 Å². The van der Waals surface area contributed by atoms with Crippen molar-refractivity contribution in [3.8, 4) is 6.07 Å². The van der Waals surface area contributed by atoms with Crippen molar-refractivity contribution < 1.29 is 0 Å². The van der Waals surface area contributed by atoms with Crippen molar-refractivity contribution in [3.05, 3.63) is 36.5 Å². The summed E-state index contributed by atoms with van der Waals surface area (Å²) in [5.74, 6) is 0. The van der Waals surface area contributed by atoms with Crippen molar-refractivity contribution in [3.63, 3.8) is 0 Å². The van der Waals surface area contributed by atoms with Crippen molar-refractivity contribution in [2.45, 2.75) is 0 Å². The van der Waals surface area contributed by atoms with Gasteiger partial charge in [-0.1, -0.05) is 0 Å². The Kier molecular flexibility index (Phi) is 1.46. The van der Waals surface area contributed by atoms with Crippen LogP contribution < -0.4 is 0 Å². The van der Waals surface area contributed by atoms with Gasteiger partial charge >= 0.3 is 0 Å². The Hall–Kier alpha value is -1.36. The SMILES string of the molecule is [CH2]c1cncc(C#N)c1. The highest BCUT2D eigenvalue weighted by atomic mass is 14.6. The number of nitrogens with zero attached hydrogens (tertiary/aromatic N) is 2. The van der Waals surface area contributed by atoms with Gasteiger partial charge in [0.1, 0.15) is 6.07 Å². The van der Waals surface area contributed by atoms with E-state index >= 15 is 0 Å². The molecule has 1 aromatic heterocycles. The van der Waals surface area contributed by atoms with Crippen molar-refractivity contribution in [2.24, 2.45) is 0 Å². The summed E-state index contributed by atoms with van der Waals surface area (Å²) < 4.78 is 0. The fourth-order valence-corrected chi connectivity index (χ4v) is 0.549. The zero-order chi connectivity index (χ0) is 6.69. The molecule has 2 nitrogen and oxygen atoms in total. The second kappa shape index (κ2) is 2.27. The van der Waals surface area contributed by atoms with Crippen LogP contribution in [0, 0.1) is 18.3 Å². The minimum atomic E-state index is 0.558. The summed E-state index contributed by atoms with van der Waals surface area (Å²) in [6, 6.07) is 3.65. The molecule has 1 radical (unpaired) electrons. The first-order chi connectivity index (χ1) is 4.33. The average Bonchev–Trinajstić information content (AvgIpc) is 1.88. The van der Waals surface area contributed by atoms with Crippen LogP contribution in [0.1, 0.15) is 11.1 Å². The Balaban J connectivity index is 3.12. The van der Waals surface area contributed by atoms with E-state index in [9.17, 15) is 0 Å². The van der Waals surface area contributed by atoms with E-state index in [0.717, 1.165) is 5.56 Å². The van der Waals surface area contributed by atoms with Crippen molar-refractivity contribution in [1.29, 1.82) is 5.26 Å². The van der Waals surface area contributed by atoms with Crippen LogP contribution in [0.4, 0.5) is 0 Å². The highest BCUT2D eigenvalue weighted by Gasteiger charge is 1.87. The van der Waals surface area contributed by atoms with Gasteiger partial charge in [0.15, 0.2) is 0 Å². The van der Waals surface area contributed by atoms with Gasteiger partial charge in [0.25, 0.3) is 0 Å². The van der Waals surface area contributed by atoms with E-state index < -0.39 is 0 Å². The second-order valence-electron chi connectivity index (χ2n) is 1.69. The van der Waals surface area contributed by atoms with Crippen molar-refractivity contribution in [1.82, 2.24) is 4.98 Å². The van der Waals surface area contributed by atoms with Gasteiger partial charge in [-0.3, -0.25) is 4.98 Å². The number of aromatic nitrogens is 1. The van der Waals surface area contributed by atoms with E-state index in [1.54, 1.807) is 12.3 Å². The quantitative estimate of drug-likeness (QED) is 0.510. The third kappa shape index (κ3) is 1.26. The smallest absolute Gasteiger partial charge is 0.101 e. The first-order valence-corrected chi connectivity index (χ1v) is 2.50. The Labute approximate surface area is 53.8 Å². The zero-order valence-electron chi connectivity index (χ0n) is 4.83. The van der Waals surface area contributed by atoms with Crippen LogP contribution in [-0.4, -0.2) is 4.98 Å². The summed E-state index contributed by atoms with van der Waals surface area (Å²) in [5, 5.41) is 8.34. The maximum absolute atomic E-state index is 8.34. The summed E-state index contributed by atoms with van der Waals surface area (Å²) >= 11 is 0. The average molecular weight is 117 g/mol. The van der Waals surface area contributed by atoms with Crippen LogP contribution in [0.3, 0.4) is 0 Å². The van der Waals surface area contributed by atoms with Gasteiger partial charge in [-0.05, 0) is 18.6 Å². The maximum atomic E-state index is 8.34. The summed E-state index contributed by atoms with van der Waals surface area (Å²) in [5.41, 5.74) is 1.33.